The van der Waals surface area contributed by atoms with Crippen LogP contribution in [0.25, 0.3) is 0 Å². The van der Waals surface area contributed by atoms with Gasteiger partial charge in [-0.2, -0.15) is 5.26 Å². The quantitative estimate of drug-likeness (QED) is 0.762. The average molecular weight is 207 g/mol. The Kier molecular flexibility index (Phi) is 3.84. The summed E-state index contributed by atoms with van der Waals surface area (Å²) in [7, 11) is -0.780. The van der Waals surface area contributed by atoms with Crippen LogP contribution in [0.4, 0.5) is 0 Å². The maximum atomic E-state index is 11.3. The molecule has 0 amide bonds. The smallest absolute Gasteiger partial charge is 0.0991 e. The number of nitriles is 1. The third kappa shape index (κ3) is 2.68. The van der Waals surface area contributed by atoms with Gasteiger partial charge in [-0.05, 0) is 30.2 Å². The molecular weight excluding hydrogens is 194 g/mol. The van der Waals surface area contributed by atoms with E-state index in [0.29, 0.717) is 17.1 Å². The zero-order valence-electron chi connectivity index (χ0n) is 8.41. The van der Waals surface area contributed by atoms with Crippen molar-refractivity contribution in [2.24, 2.45) is 0 Å². The van der Waals surface area contributed by atoms with Crippen LogP contribution in [0, 0.1) is 18.3 Å². The second-order valence-electron chi connectivity index (χ2n) is 3.13. The average Bonchev–Trinajstić information content (AvgIpc) is 2.20. The second kappa shape index (κ2) is 4.92. The standard InChI is InChI=1S/C11H13NOS/c1-3-14(13)8-11-5-4-10(7-12)6-9(11)2/h4-6H,3,8H2,1-2H3. The van der Waals surface area contributed by atoms with E-state index in [0.717, 1.165) is 11.1 Å². The fraction of sp³-hybridized carbons (Fsp3) is 0.364. The van der Waals surface area contributed by atoms with Gasteiger partial charge < -0.3 is 0 Å². The fourth-order valence-corrected chi connectivity index (χ4v) is 2.08. The van der Waals surface area contributed by atoms with Gasteiger partial charge in [-0.1, -0.05) is 13.0 Å². The van der Waals surface area contributed by atoms with Crippen LogP contribution in [0.1, 0.15) is 23.6 Å². The molecule has 0 bridgehead atoms. The summed E-state index contributed by atoms with van der Waals surface area (Å²) in [6, 6.07) is 7.59. The summed E-state index contributed by atoms with van der Waals surface area (Å²) in [5.74, 6) is 1.27. The third-order valence-corrected chi connectivity index (χ3v) is 3.39. The van der Waals surface area contributed by atoms with Crippen molar-refractivity contribution >= 4 is 10.8 Å². The molecule has 0 aliphatic carbocycles. The van der Waals surface area contributed by atoms with E-state index in [1.54, 1.807) is 6.07 Å². The number of hydrogen-bond donors (Lipinski definition) is 0. The van der Waals surface area contributed by atoms with Crippen LogP contribution >= 0.6 is 0 Å². The normalized spacial score (nSPS) is 12.1. The molecule has 0 saturated carbocycles. The predicted octanol–water partition coefficient (Wildman–Crippen LogP) is 2.14. The minimum Gasteiger partial charge on any atom is -0.259 e. The highest BCUT2D eigenvalue weighted by molar-refractivity contribution is 7.84. The Balaban J connectivity index is 2.90. The largest absolute Gasteiger partial charge is 0.259 e. The van der Waals surface area contributed by atoms with Crippen molar-refractivity contribution in [3.63, 3.8) is 0 Å². The molecule has 74 valence electrons. The highest BCUT2D eigenvalue weighted by atomic mass is 32.2. The van der Waals surface area contributed by atoms with Gasteiger partial charge in [0.15, 0.2) is 0 Å². The molecule has 1 aromatic carbocycles. The van der Waals surface area contributed by atoms with Gasteiger partial charge in [0.2, 0.25) is 0 Å². The highest BCUT2D eigenvalue weighted by Gasteiger charge is 2.03. The third-order valence-electron chi connectivity index (χ3n) is 2.11. The van der Waals surface area contributed by atoms with Crippen molar-refractivity contribution in [3.05, 3.63) is 34.9 Å². The summed E-state index contributed by atoms with van der Waals surface area (Å²) in [4.78, 5) is 0. The number of nitrogens with zero attached hydrogens (tertiary/aromatic N) is 1. The minimum atomic E-state index is -0.780. The van der Waals surface area contributed by atoms with Crippen molar-refractivity contribution in [3.8, 4) is 6.07 Å². The Morgan fingerprint density at radius 2 is 2.21 bits per heavy atom. The summed E-state index contributed by atoms with van der Waals surface area (Å²) in [5.41, 5.74) is 2.78. The molecule has 1 aromatic rings. The van der Waals surface area contributed by atoms with Gasteiger partial charge in [0.1, 0.15) is 0 Å². The molecule has 0 N–H and O–H groups in total. The fourth-order valence-electron chi connectivity index (χ4n) is 1.20. The van der Waals surface area contributed by atoms with Crippen LogP contribution in [0.15, 0.2) is 18.2 Å². The molecule has 14 heavy (non-hydrogen) atoms. The molecule has 0 radical (unpaired) electrons. The van der Waals surface area contributed by atoms with Gasteiger partial charge >= 0.3 is 0 Å². The van der Waals surface area contributed by atoms with E-state index in [1.165, 1.54) is 0 Å². The maximum absolute atomic E-state index is 11.3. The lowest BCUT2D eigenvalue weighted by molar-refractivity contribution is 0.683. The molecule has 1 unspecified atom stereocenters. The van der Waals surface area contributed by atoms with Crippen molar-refractivity contribution in [2.75, 3.05) is 5.75 Å². The SMILES string of the molecule is CCS(=O)Cc1ccc(C#N)cc1C. The molecule has 0 aliphatic rings. The summed E-state index contributed by atoms with van der Waals surface area (Å²) < 4.78 is 11.3. The van der Waals surface area contributed by atoms with Crippen LogP contribution in [0.3, 0.4) is 0 Å². The maximum Gasteiger partial charge on any atom is 0.0991 e. The molecule has 0 spiro atoms. The first kappa shape index (κ1) is 10.9. The molecule has 1 atom stereocenters. The van der Waals surface area contributed by atoms with Crippen molar-refractivity contribution in [1.29, 1.82) is 5.26 Å². The Morgan fingerprint density at radius 3 is 2.71 bits per heavy atom. The Bertz CT molecular complexity index is 393. The van der Waals surface area contributed by atoms with E-state index in [2.05, 4.69) is 6.07 Å². The summed E-state index contributed by atoms with van der Waals surface area (Å²) in [5, 5.41) is 8.67. The van der Waals surface area contributed by atoms with Crippen LogP contribution in [-0.2, 0) is 16.6 Å². The van der Waals surface area contributed by atoms with Crippen LogP contribution in [0.5, 0.6) is 0 Å². The van der Waals surface area contributed by atoms with E-state index in [1.807, 2.05) is 26.0 Å². The lowest BCUT2D eigenvalue weighted by Crippen LogP contribution is -1.99. The van der Waals surface area contributed by atoms with Gasteiger partial charge in [0.05, 0.1) is 11.6 Å². The topological polar surface area (TPSA) is 40.9 Å². The van der Waals surface area contributed by atoms with Crippen molar-refractivity contribution < 1.29 is 4.21 Å². The van der Waals surface area contributed by atoms with E-state index in [-0.39, 0.29) is 0 Å². The number of rotatable bonds is 3. The Labute approximate surface area is 87.0 Å². The zero-order chi connectivity index (χ0) is 10.6. The number of hydrogen-bond acceptors (Lipinski definition) is 2. The van der Waals surface area contributed by atoms with Crippen molar-refractivity contribution in [2.45, 2.75) is 19.6 Å². The molecule has 0 aromatic heterocycles. The first-order valence-corrected chi connectivity index (χ1v) is 6.00. The second-order valence-corrected chi connectivity index (χ2v) is 4.87. The lowest BCUT2D eigenvalue weighted by atomic mass is 10.1. The predicted molar refractivity (Wildman–Crippen MR) is 58.3 cm³/mol. The van der Waals surface area contributed by atoms with Gasteiger partial charge in [0, 0.05) is 22.3 Å². The molecule has 0 fully saturated rings. The molecule has 1 rings (SSSR count). The van der Waals surface area contributed by atoms with Gasteiger partial charge in [-0.15, -0.1) is 0 Å². The lowest BCUT2D eigenvalue weighted by Gasteiger charge is -2.04. The van der Waals surface area contributed by atoms with Gasteiger partial charge in [0.25, 0.3) is 0 Å². The van der Waals surface area contributed by atoms with Gasteiger partial charge in [-0.25, -0.2) is 0 Å². The van der Waals surface area contributed by atoms with E-state index < -0.39 is 10.8 Å². The zero-order valence-corrected chi connectivity index (χ0v) is 9.23. The van der Waals surface area contributed by atoms with E-state index in [9.17, 15) is 4.21 Å². The van der Waals surface area contributed by atoms with E-state index >= 15 is 0 Å². The van der Waals surface area contributed by atoms with Crippen LogP contribution in [0.2, 0.25) is 0 Å². The van der Waals surface area contributed by atoms with Crippen molar-refractivity contribution in [1.82, 2.24) is 0 Å². The Hall–Kier alpha value is -1.14. The van der Waals surface area contributed by atoms with Gasteiger partial charge in [-0.3, -0.25) is 4.21 Å². The van der Waals surface area contributed by atoms with Crippen LogP contribution < -0.4 is 0 Å². The molecule has 0 heterocycles. The minimum absolute atomic E-state index is 0.591. The summed E-state index contributed by atoms with van der Waals surface area (Å²) >= 11 is 0. The molecule has 3 heteroatoms. The summed E-state index contributed by atoms with van der Waals surface area (Å²) in [6.45, 7) is 3.86. The van der Waals surface area contributed by atoms with E-state index in [4.69, 9.17) is 5.26 Å². The molecule has 2 nitrogen and oxygen atoms in total. The monoisotopic (exact) mass is 207 g/mol. The number of aryl methyl sites for hydroxylation is 1. The molecule has 0 aliphatic heterocycles. The summed E-state index contributed by atoms with van der Waals surface area (Å²) in [6.07, 6.45) is 0. The first-order chi connectivity index (χ1) is 6.67. The first-order valence-electron chi connectivity index (χ1n) is 4.52. The molecular formula is C11H13NOS. The Morgan fingerprint density at radius 1 is 1.50 bits per heavy atom. The molecule has 0 saturated heterocycles. The highest BCUT2D eigenvalue weighted by Crippen LogP contribution is 2.12. The number of benzene rings is 1. The van der Waals surface area contributed by atoms with Crippen LogP contribution in [-0.4, -0.2) is 9.96 Å².